The van der Waals surface area contributed by atoms with Crippen LogP contribution in [0.2, 0.25) is 0 Å². The van der Waals surface area contributed by atoms with Gasteiger partial charge in [-0.2, -0.15) is 0 Å². The number of nitrogens with zero attached hydrogens (tertiary/aromatic N) is 2. The molecule has 2 fully saturated rings. The molecule has 1 N–H and O–H groups in total. The van der Waals surface area contributed by atoms with Crippen molar-refractivity contribution in [2.24, 2.45) is 5.92 Å². The monoisotopic (exact) mass is 427 g/mol. The normalized spacial score (nSPS) is 20.0. The van der Waals surface area contributed by atoms with Crippen molar-refractivity contribution >= 4 is 27.3 Å². The van der Waals surface area contributed by atoms with E-state index in [1.807, 2.05) is 12.1 Å². The predicted octanol–water partition coefficient (Wildman–Crippen LogP) is 3.53. The first-order chi connectivity index (χ1) is 14.4. The number of hydrogen-bond acceptors (Lipinski definition) is 4. The van der Waals surface area contributed by atoms with Crippen LogP contribution in [0, 0.1) is 5.92 Å². The molecule has 2 aliphatic heterocycles. The van der Waals surface area contributed by atoms with E-state index >= 15 is 0 Å². The zero-order chi connectivity index (χ0) is 21.1. The van der Waals surface area contributed by atoms with E-state index in [0.29, 0.717) is 18.9 Å². The van der Waals surface area contributed by atoms with Gasteiger partial charge in [0.2, 0.25) is 15.9 Å². The zero-order valence-electron chi connectivity index (χ0n) is 17.4. The van der Waals surface area contributed by atoms with E-state index in [0.717, 1.165) is 30.8 Å². The van der Waals surface area contributed by atoms with Gasteiger partial charge < -0.3 is 9.80 Å². The molecule has 1 atom stereocenters. The minimum absolute atomic E-state index is 0.0891. The molecule has 160 valence electrons. The highest BCUT2D eigenvalue weighted by atomic mass is 32.2. The lowest BCUT2D eigenvalue weighted by Crippen LogP contribution is -2.34. The van der Waals surface area contributed by atoms with Gasteiger partial charge in [0.1, 0.15) is 0 Å². The molecule has 0 saturated carbocycles. The van der Waals surface area contributed by atoms with Gasteiger partial charge in [0.25, 0.3) is 0 Å². The van der Waals surface area contributed by atoms with E-state index in [1.54, 1.807) is 29.2 Å². The Morgan fingerprint density at radius 1 is 0.967 bits per heavy atom. The Morgan fingerprint density at radius 2 is 1.67 bits per heavy atom. The van der Waals surface area contributed by atoms with Crippen LogP contribution < -0.4 is 14.5 Å². The van der Waals surface area contributed by atoms with E-state index in [4.69, 9.17) is 0 Å². The fraction of sp³-hybridized carbons (Fsp3) is 0.435. The first-order valence-electron chi connectivity index (χ1n) is 10.7. The Balaban J connectivity index is 1.37. The van der Waals surface area contributed by atoms with Gasteiger partial charge in [-0.15, -0.1) is 0 Å². The number of sulfonamides is 1. The maximum absolute atomic E-state index is 12.7. The highest BCUT2D eigenvalue weighted by Crippen LogP contribution is 2.24. The first kappa shape index (κ1) is 20.9. The average Bonchev–Trinajstić information content (AvgIpc) is 3.19. The van der Waals surface area contributed by atoms with Crippen molar-refractivity contribution in [1.82, 2.24) is 4.72 Å². The molecule has 0 unspecified atom stereocenters. The second-order valence-corrected chi connectivity index (χ2v) is 10.1. The van der Waals surface area contributed by atoms with Crippen LogP contribution in [0.4, 0.5) is 11.4 Å². The number of carbonyl (C=O) groups is 1. The molecule has 7 heteroatoms. The third-order valence-corrected chi connectivity index (χ3v) is 7.37. The van der Waals surface area contributed by atoms with Crippen molar-refractivity contribution in [3.8, 4) is 0 Å². The molecule has 6 nitrogen and oxygen atoms in total. The lowest BCUT2D eigenvalue weighted by atomic mass is 9.99. The highest BCUT2D eigenvalue weighted by Gasteiger charge is 2.22. The summed E-state index contributed by atoms with van der Waals surface area (Å²) in [7, 11) is -3.61. The summed E-state index contributed by atoms with van der Waals surface area (Å²) in [6.07, 6.45) is 3.90. The van der Waals surface area contributed by atoms with E-state index in [2.05, 4.69) is 28.7 Å². The van der Waals surface area contributed by atoms with Crippen LogP contribution in [0.1, 0.15) is 38.2 Å². The van der Waals surface area contributed by atoms with Gasteiger partial charge in [-0.25, -0.2) is 13.1 Å². The Morgan fingerprint density at radius 3 is 2.30 bits per heavy atom. The minimum Gasteiger partial charge on any atom is -0.371 e. The van der Waals surface area contributed by atoms with Crippen LogP contribution in [0.3, 0.4) is 0 Å². The SMILES string of the molecule is C[C@@H]1CCCN(c2ccc(CNS(=O)(=O)c3ccc(N4CCCC4=O)cc3)cc2)C1. The lowest BCUT2D eigenvalue weighted by Gasteiger charge is -2.32. The average molecular weight is 428 g/mol. The number of rotatable bonds is 6. The summed E-state index contributed by atoms with van der Waals surface area (Å²) < 4.78 is 28.0. The molecule has 0 aromatic heterocycles. The first-order valence-corrected chi connectivity index (χ1v) is 12.1. The molecule has 1 amide bonds. The summed E-state index contributed by atoms with van der Waals surface area (Å²) >= 11 is 0. The van der Waals surface area contributed by atoms with Crippen LogP contribution in [0.5, 0.6) is 0 Å². The molecule has 0 radical (unpaired) electrons. The molecule has 2 aliphatic rings. The van der Waals surface area contributed by atoms with Crippen molar-refractivity contribution in [3.63, 3.8) is 0 Å². The maximum atomic E-state index is 12.7. The molecular weight excluding hydrogens is 398 g/mol. The van der Waals surface area contributed by atoms with Crippen molar-refractivity contribution in [1.29, 1.82) is 0 Å². The second-order valence-electron chi connectivity index (χ2n) is 8.33. The smallest absolute Gasteiger partial charge is 0.240 e. The van der Waals surface area contributed by atoms with Gasteiger partial charge in [-0.3, -0.25) is 4.79 Å². The summed E-state index contributed by atoms with van der Waals surface area (Å²) in [6, 6.07) is 14.6. The van der Waals surface area contributed by atoms with Gasteiger partial charge in [0.15, 0.2) is 0 Å². The minimum atomic E-state index is -3.61. The van der Waals surface area contributed by atoms with Crippen LogP contribution in [0.25, 0.3) is 0 Å². The summed E-state index contributed by atoms with van der Waals surface area (Å²) in [6.45, 7) is 5.37. The molecule has 2 aromatic rings. The Labute approximate surface area is 178 Å². The number of hydrogen-bond donors (Lipinski definition) is 1. The number of amides is 1. The Bertz CT molecular complexity index is 987. The number of anilines is 2. The Kier molecular flexibility index (Phi) is 6.11. The van der Waals surface area contributed by atoms with Crippen LogP contribution in [-0.4, -0.2) is 34.0 Å². The maximum Gasteiger partial charge on any atom is 0.240 e. The molecular formula is C23H29N3O3S. The summed E-state index contributed by atoms with van der Waals surface area (Å²) in [5.41, 5.74) is 2.87. The standard InChI is InChI=1S/C23H29N3O3S/c1-18-4-2-14-25(17-18)20-8-6-19(7-9-20)16-24-30(28,29)22-12-10-21(11-13-22)26-15-3-5-23(26)27/h6-13,18,24H,2-5,14-17H2,1H3/t18-/m1/s1. The van der Waals surface area contributed by atoms with E-state index in [9.17, 15) is 13.2 Å². The van der Waals surface area contributed by atoms with Gasteiger partial charge in [-0.1, -0.05) is 19.1 Å². The lowest BCUT2D eigenvalue weighted by molar-refractivity contribution is -0.117. The topological polar surface area (TPSA) is 69.7 Å². The third-order valence-electron chi connectivity index (χ3n) is 5.96. The molecule has 30 heavy (non-hydrogen) atoms. The van der Waals surface area contributed by atoms with Crippen molar-refractivity contribution in [2.75, 3.05) is 29.4 Å². The molecule has 0 bridgehead atoms. The van der Waals surface area contributed by atoms with E-state index in [-0.39, 0.29) is 17.3 Å². The fourth-order valence-electron chi connectivity index (χ4n) is 4.24. The molecule has 4 rings (SSSR count). The summed E-state index contributed by atoms with van der Waals surface area (Å²) in [4.78, 5) is 16.2. The Hall–Kier alpha value is -2.38. The predicted molar refractivity (Wildman–Crippen MR) is 119 cm³/mol. The number of carbonyl (C=O) groups excluding carboxylic acids is 1. The van der Waals surface area contributed by atoms with Crippen LogP contribution >= 0.6 is 0 Å². The van der Waals surface area contributed by atoms with E-state index in [1.165, 1.54) is 18.5 Å². The second kappa shape index (κ2) is 8.78. The van der Waals surface area contributed by atoms with Gasteiger partial charge in [0, 0.05) is 44.0 Å². The van der Waals surface area contributed by atoms with Crippen LogP contribution in [0.15, 0.2) is 53.4 Å². The van der Waals surface area contributed by atoms with Gasteiger partial charge >= 0.3 is 0 Å². The zero-order valence-corrected chi connectivity index (χ0v) is 18.2. The molecule has 0 spiro atoms. The molecule has 2 heterocycles. The van der Waals surface area contributed by atoms with Gasteiger partial charge in [0.05, 0.1) is 4.90 Å². The van der Waals surface area contributed by atoms with Crippen molar-refractivity contribution in [2.45, 2.75) is 44.0 Å². The van der Waals surface area contributed by atoms with Crippen molar-refractivity contribution in [3.05, 3.63) is 54.1 Å². The number of nitrogens with one attached hydrogen (secondary N) is 1. The van der Waals surface area contributed by atoms with Crippen LogP contribution in [-0.2, 0) is 21.4 Å². The van der Waals surface area contributed by atoms with E-state index < -0.39 is 10.0 Å². The molecule has 2 saturated heterocycles. The van der Waals surface area contributed by atoms with Gasteiger partial charge in [-0.05, 0) is 67.1 Å². The third kappa shape index (κ3) is 4.68. The molecule has 2 aromatic carbocycles. The number of piperidine rings is 1. The highest BCUT2D eigenvalue weighted by molar-refractivity contribution is 7.89. The quantitative estimate of drug-likeness (QED) is 0.766. The molecule has 0 aliphatic carbocycles. The number of benzene rings is 2. The summed E-state index contributed by atoms with van der Waals surface area (Å²) in [5, 5.41) is 0. The fourth-order valence-corrected chi connectivity index (χ4v) is 5.25. The van der Waals surface area contributed by atoms with Crippen molar-refractivity contribution < 1.29 is 13.2 Å². The largest absolute Gasteiger partial charge is 0.371 e. The summed E-state index contributed by atoms with van der Waals surface area (Å²) in [5.74, 6) is 0.798.